The van der Waals surface area contributed by atoms with Crippen molar-refractivity contribution in [3.8, 4) is 5.75 Å². The molecule has 0 bridgehead atoms. The molecule has 1 aromatic heterocycles. The molecule has 7 heteroatoms. The number of ether oxygens (including phenoxy) is 1. The molecule has 0 atom stereocenters. The van der Waals surface area contributed by atoms with Crippen molar-refractivity contribution in [2.45, 2.75) is 13.5 Å². The lowest BCUT2D eigenvalue weighted by atomic mass is 10.1. The van der Waals surface area contributed by atoms with Crippen LogP contribution in [0.2, 0.25) is 5.02 Å². The molecule has 0 fully saturated rings. The summed E-state index contributed by atoms with van der Waals surface area (Å²) in [6.07, 6.45) is 1.54. The van der Waals surface area contributed by atoms with E-state index in [2.05, 4.69) is 44.9 Å². The second-order valence-corrected chi connectivity index (χ2v) is 5.91. The molecular weight excluding hydrogens is 338 g/mol. The summed E-state index contributed by atoms with van der Waals surface area (Å²) < 4.78 is 5.32. The maximum atomic E-state index is 6.05. The van der Waals surface area contributed by atoms with Gasteiger partial charge in [0.1, 0.15) is 5.75 Å². The maximum absolute atomic E-state index is 6.05. The van der Waals surface area contributed by atoms with E-state index in [1.165, 1.54) is 11.8 Å². The highest BCUT2D eigenvalue weighted by Gasteiger charge is 2.07. The van der Waals surface area contributed by atoms with Gasteiger partial charge in [0.25, 0.3) is 0 Å². The van der Waals surface area contributed by atoms with Crippen molar-refractivity contribution >= 4 is 29.1 Å². The van der Waals surface area contributed by atoms with Crippen molar-refractivity contribution in [3.63, 3.8) is 0 Å². The minimum Gasteiger partial charge on any atom is -0.495 e. The number of halogens is 1. The Hall–Kier alpha value is -2.86. The molecule has 0 saturated carbocycles. The van der Waals surface area contributed by atoms with Crippen molar-refractivity contribution in [3.05, 3.63) is 64.8 Å². The number of methoxy groups -OCH3 is 1. The summed E-state index contributed by atoms with van der Waals surface area (Å²) in [4.78, 5) is 4.42. The fraction of sp³-hybridized carbons (Fsp3) is 0.167. The van der Waals surface area contributed by atoms with Crippen LogP contribution in [-0.4, -0.2) is 22.3 Å². The second kappa shape index (κ2) is 7.81. The Kier molecular flexibility index (Phi) is 5.30. The molecule has 2 aromatic carbocycles. The van der Waals surface area contributed by atoms with Gasteiger partial charge in [-0.1, -0.05) is 41.4 Å². The smallest absolute Gasteiger partial charge is 0.244 e. The van der Waals surface area contributed by atoms with Crippen molar-refractivity contribution in [2.75, 3.05) is 17.7 Å². The van der Waals surface area contributed by atoms with Crippen molar-refractivity contribution < 1.29 is 4.74 Å². The van der Waals surface area contributed by atoms with E-state index in [-0.39, 0.29) is 0 Å². The van der Waals surface area contributed by atoms with Crippen LogP contribution in [0.1, 0.15) is 11.1 Å². The molecule has 0 radical (unpaired) electrons. The average molecular weight is 356 g/mol. The van der Waals surface area contributed by atoms with E-state index in [4.69, 9.17) is 16.3 Å². The van der Waals surface area contributed by atoms with Gasteiger partial charge in [-0.25, -0.2) is 0 Å². The van der Waals surface area contributed by atoms with Crippen LogP contribution in [0, 0.1) is 6.92 Å². The number of benzene rings is 2. The molecule has 0 amide bonds. The quantitative estimate of drug-likeness (QED) is 0.690. The molecule has 2 N–H and O–H groups in total. The standard InChI is InChI=1S/C18H18ClN5O/c1-12-4-3-5-13(8-12)10-20-18-23-17(11-21-24-18)22-15-9-14(19)6-7-16(15)25-2/h3-9,11H,10H2,1-2H3,(H2,20,22,23,24). The van der Waals surface area contributed by atoms with Crippen LogP contribution in [0.4, 0.5) is 17.5 Å². The van der Waals surface area contributed by atoms with E-state index in [1.807, 2.05) is 12.1 Å². The highest BCUT2D eigenvalue weighted by atomic mass is 35.5. The van der Waals surface area contributed by atoms with Gasteiger partial charge >= 0.3 is 0 Å². The molecule has 3 aromatic rings. The van der Waals surface area contributed by atoms with E-state index < -0.39 is 0 Å². The predicted octanol–water partition coefficient (Wildman–Crippen LogP) is 4.20. The van der Waals surface area contributed by atoms with Crippen LogP contribution in [0.5, 0.6) is 5.75 Å². The lowest BCUT2D eigenvalue weighted by molar-refractivity contribution is 0.417. The van der Waals surface area contributed by atoms with Crippen molar-refractivity contribution in [1.29, 1.82) is 0 Å². The molecule has 0 saturated heterocycles. The Morgan fingerprint density at radius 1 is 1.16 bits per heavy atom. The van der Waals surface area contributed by atoms with Crippen LogP contribution < -0.4 is 15.4 Å². The minimum atomic E-state index is 0.438. The van der Waals surface area contributed by atoms with Gasteiger partial charge < -0.3 is 15.4 Å². The van der Waals surface area contributed by atoms with Gasteiger partial charge in [0.2, 0.25) is 5.95 Å². The zero-order valence-electron chi connectivity index (χ0n) is 14.0. The number of hydrogen-bond acceptors (Lipinski definition) is 6. The van der Waals surface area contributed by atoms with Gasteiger partial charge in [-0.3, -0.25) is 0 Å². The highest BCUT2D eigenvalue weighted by molar-refractivity contribution is 6.31. The molecule has 1 heterocycles. The van der Waals surface area contributed by atoms with E-state index in [0.717, 1.165) is 5.56 Å². The van der Waals surface area contributed by atoms with Crippen molar-refractivity contribution in [1.82, 2.24) is 15.2 Å². The number of nitrogens with one attached hydrogen (secondary N) is 2. The van der Waals surface area contributed by atoms with E-state index in [1.54, 1.807) is 25.3 Å². The zero-order chi connectivity index (χ0) is 17.6. The number of anilines is 3. The summed E-state index contributed by atoms with van der Waals surface area (Å²) >= 11 is 6.05. The Balaban J connectivity index is 1.72. The summed E-state index contributed by atoms with van der Waals surface area (Å²) in [6, 6.07) is 13.6. The summed E-state index contributed by atoms with van der Waals surface area (Å²) in [5.41, 5.74) is 3.07. The number of rotatable bonds is 6. The number of aromatic nitrogens is 3. The van der Waals surface area contributed by atoms with Crippen LogP contribution in [-0.2, 0) is 6.54 Å². The third kappa shape index (κ3) is 4.58. The topological polar surface area (TPSA) is 72.0 Å². The van der Waals surface area contributed by atoms with Gasteiger partial charge in [0.05, 0.1) is 19.0 Å². The fourth-order valence-electron chi connectivity index (χ4n) is 2.36. The molecule has 3 rings (SSSR count). The summed E-state index contributed by atoms with van der Waals surface area (Å²) in [5, 5.41) is 14.9. The molecule has 0 spiro atoms. The number of aryl methyl sites for hydroxylation is 1. The lowest BCUT2D eigenvalue weighted by Crippen LogP contribution is -2.06. The first-order chi connectivity index (χ1) is 12.1. The van der Waals surface area contributed by atoms with Gasteiger partial charge in [0, 0.05) is 11.6 Å². The Bertz CT molecular complexity index is 872. The Labute approximate surface area is 151 Å². The largest absolute Gasteiger partial charge is 0.495 e. The summed E-state index contributed by atoms with van der Waals surface area (Å²) in [5.74, 6) is 1.65. The molecule has 128 valence electrons. The SMILES string of the molecule is COc1ccc(Cl)cc1Nc1cnnc(NCc2cccc(C)c2)n1. The highest BCUT2D eigenvalue weighted by Crippen LogP contribution is 2.29. The maximum Gasteiger partial charge on any atom is 0.244 e. The van der Waals surface area contributed by atoms with E-state index in [0.29, 0.717) is 34.8 Å². The minimum absolute atomic E-state index is 0.438. The number of hydrogen-bond donors (Lipinski definition) is 2. The fourth-order valence-corrected chi connectivity index (χ4v) is 2.53. The monoisotopic (exact) mass is 355 g/mol. The predicted molar refractivity (Wildman–Crippen MR) is 99.6 cm³/mol. The van der Waals surface area contributed by atoms with Crippen molar-refractivity contribution in [2.24, 2.45) is 0 Å². The Morgan fingerprint density at radius 3 is 2.84 bits per heavy atom. The van der Waals surface area contributed by atoms with Crippen LogP contribution >= 0.6 is 11.6 Å². The van der Waals surface area contributed by atoms with Gasteiger partial charge in [-0.15, -0.1) is 5.10 Å². The first kappa shape index (κ1) is 17.0. The molecule has 25 heavy (non-hydrogen) atoms. The molecule has 0 aliphatic heterocycles. The third-order valence-electron chi connectivity index (χ3n) is 3.52. The first-order valence-electron chi connectivity index (χ1n) is 7.74. The summed E-state index contributed by atoms with van der Waals surface area (Å²) in [6.45, 7) is 2.68. The molecule has 0 aliphatic rings. The van der Waals surface area contributed by atoms with Crippen LogP contribution in [0.25, 0.3) is 0 Å². The third-order valence-corrected chi connectivity index (χ3v) is 3.75. The van der Waals surface area contributed by atoms with Gasteiger partial charge in [-0.2, -0.15) is 10.1 Å². The van der Waals surface area contributed by atoms with Gasteiger partial charge in [0.15, 0.2) is 5.82 Å². The molecule has 0 aliphatic carbocycles. The zero-order valence-corrected chi connectivity index (χ0v) is 14.7. The lowest BCUT2D eigenvalue weighted by Gasteiger charge is -2.11. The normalized spacial score (nSPS) is 10.4. The second-order valence-electron chi connectivity index (χ2n) is 5.48. The van der Waals surface area contributed by atoms with Crippen LogP contribution in [0.3, 0.4) is 0 Å². The Morgan fingerprint density at radius 2 is 2.04 bits per heavy atom. The van der Waals surface area contributed by atoms with E-state index >= 15 is 0 Å². The average Bonchev–Trinajstić information content (AvgIpc) is 2.61. The van der Waals surface area contributed by atoms with Gasteiger partial charge in [-0.05, 0) is 30.7 Å². The molecular formula is C18H18ClN5O. The molecule has 6 nitrogen and oxygen atoms in total. The molecule has 0 unspecified atom stereocenters. The first-order valence-corrected chi connectivity index (χ1v) is 8.11. The van der Waals surface area contributed by atoms with Crippen LogP contribution in [0.15, 0.2) is 48.7 Å². The number of nitrogens with zero attached hydrogens (tertiary/aromatic N) is 3. The van der Waals surface area contributed by atoms with E-state index in [9.17, 15) is 0 Å². The summed E-state index contributed by atoms with van der Waals surface area (Å²) in [7, 11) is 1.60.